The summed E-state index contributed by atoms with van der Waals surface area (Å²) in [7, 11) is 0. The summed E-state index contributed by atoms with van der Waals surface area (Å²) in [6.45, 7) is 6.01. The lowest BCUT2D eigenvalue weighted by Crippen LogP contribution is -2.69. The summed E-state index contributed by atoms with van der Waals surface area (Å²) in [5, 5.41) is 65.7. The van der Waals surface area contributed by atoms with Gasteiger partial charge < -0.3 is 49.6 Å². The van der Waals surface area contributed by atoms with E-state index in [0.717, 1.165) is 24.5 Å². The van der Waals surface area contributed by atoms with Gasteiger partial charge in [0, 0.05) is 18.6 Å². The Kier molecular flexibility index (Phi) is 9.12. The van der Waals surface area contributed by atoms with Gasteiger partial charge in [0.05, 0.1) is 36.3 Å². The first-order valence-corrected chi connectivity index (χ1v) is 17.5. The van der Waals surface area contributed by atoms with Crippen molar-refractivity contribution in [2.45, 2.75) is 83.1 Å². The topological polar surface area (TPSA) is 192 Å². The second-order valence-electron chi connectivity index (χ2n) is 14.8. The van der Waals surface area contributed by atoms with E-state index in [4.69, 9.17) is 18.9 Å². The molecule has 0 radical (unpaired) electrons. The van der Waals surface area contributed by atoms with E-state index >= 15 is 0 Å². The summed E-state index contributed by atoms with van der Waals surface area (Å²) < 4.78 is 25.0. The van der Waals surface area contributed by atoms with Gasteiger partial charge in [-0.25, -0.2) is 4.79 Å². The van der Waals surface area contributed by atoms with Crippen molar-refractivity contribution in [1.82, 2.24) is 0 Å². The van der Waals surface area contributed by atoms with Crippen molar-refractivity contribution in [2.24, 2.45) is 23.2 Å². The number of aromatic carboxylic acids is 1. The van der Waals surface area contributed by atoms with Gasteiger partial charge in [-0.1, -0.05) is 19.1 Å². The largest absolute Gasteiger partial charge is 0.506 e. The van der Waals surface area contributed by atoms with Crippen LogP contribution in [0.25, 0.3) is 10.8 Å². The Hall–Kier alpha value is -3.36. The van der Waals surface area contributed by atoms with Crippen LogP contribution in [0.1, 0.15) is 72.2 Å². The minimum absolute atomic E-state index is 0.0371. The Morgan fingerprint density at radius 2 is 1.92 bits per heavy atom. The van der Waals surface area contributed by atoms with Crippen LogP contribution in [0.5, 0.6) is 11.5 Å². The third-order valence-corrected chi connectivity index (χ3v) is 12.2. The highest BCUT2D eigenvalue weighted by Crippen LogP contribution is 2.63. The van der Waals surface area contributed by atoms with E-state index in [0.29, 0.717) is 31.6 Å². The number of aryl methyl sites for hydroxylation is 1. The number of carboxylic acids is 1. The molecule has 9 atom stereocenters. The average Bonchev–Trinajstić information content (AvgIpc) is 3.44. The van der Waals surface area contributed by atoms with Crippen molar-refractivity contribution in [1.29, 1.82) is 0 Å². The van der Waals surface area contributed by atoms with Crippen molar-refractivity contribution >= 4 is 22.5 Å². The second kappa shape index (κ2) is 13.0. The number of Topliss-reactive ketones (excluding diaryl/α,β-unsaturated/α-hetero) is 1. The second-order valence-corrected chi connectivity index (χ2v) is 14.8. The first-order valence-electron chi connectivity index (χ1n) is 17.5. The number of phenolic OH excluding ortho intramolecular Hbond substituents is 1. The number of ether oxygens (including phenoxy) is 4. The van der Waals surface area contributed by atoms with Crippen LogP contribution in [0.4, 0.5) is 0 Å². The molecule has 0 unspecified atom stereocenters. The molecule has 2 saturated heterocycles. The molecular weight excluding hydrogens is 648 g/mol. The maximum atomic E-state index is 12.4. The summed E-state index contributed by atoms with van der Waals surface area (Å²) in [4.78, 5) is 24.5. The number of hydrogen-bond donors (Lipinski definition) is 6. The first kappa shape index (κ1) is 35.1. The smallest absolute Gasteiger partial charge is 0.335 e. The lowest BCUT2D eigenvalue weighted by Gasteiger charge is -2.57. The fourth-order valence-electron chi connectivity index (χ4n) is 9.96. The van der Waals surface area contributed by atoms with Crippen LogP contribution in [0.3, 0.4) is 0 Å². The Balaban J connectivity index is 1.24. The number of ketones is 1. The van der Waals surface area contributed by atoms with Crippen LogP contribution in [-0.4, -0.2) is 106 Å². The van der Waals surface area contributed by atoms with Crippen LogP contribution >= 0.6 is 0 Å². The predicted molar refractivity (Wildman–Crippen MR) is 179 cm³/mol. The number of carbonyl (C=O) groups excluding carboxylic acids is 1. The van der Waals surface area contributed by atoms with Crippen LogP contribution in [0, 0.1) is 30.1 Å². The van der Waals surface area contributed by atoms with E-state index in [2.05, 4.69) is 13.0 Å². The summed E-state index contributed by atoms with van der Waals surface area (Å²) in [6.07, 6.45) is -0.568. The van der Waals surface area contributed by atoms with Crippen molar-refractivity contribution in [2.75, 3.05) is 33.0 Å². The molecule has 12 heteroatoms. The number of carboxylic acid groups (broad SMARTS) is 1. The summed E-state index contributed by atoms with van der Waals surface area (Å²) in [5.74, 6) is -1.97. The fourth-order valence-corrected chi connectivity index (χ4v) is 9.96. The number of rotatable bonds is 8. The maximum Gasteiger partial charge on any atom is 0.335 e. The zero-order valence-electron chi connectivity index (χ0n) is 28.6. The quantitative estimate of drug-likeness (QED) is 0.221. The maximum absolute atomic E-state index is 12.4. The van der Waals surface area contributed by atoms with Gasteiger partial charge in [0.25, 0.3) is 0 Å². The van der Waals surface area contributed by atoms with Crippen molar-refractivity contribution in [3.05, 3.63) is 57.7 Å². The molecule has 2 aromatic rings. The molecule has 3 fully saturated rings. The minimum atomic E-state index is -1.71. The number of carbonyl (C=O) groups is 2. The van der Waals surface area contributed by atoms with Gasteiger partial charge in [-0.3, -0.25) is 4.79 Å². The van der Waals surface area contributed by atoms with Crippen LogP contribution in [0.2, 0.25) is 0 Å². The Morgan fingerprint density at radius 3 is 2.62 bits per heavy atom. The van der Waals surface area contributed by atoms with Gasteiger partial charge in [-0.05, 0) is 104 Å². The zero-order chi connectivity index (χ0) is 35.7. The molecule has 12 nitrogen and oxygen atoms in total. The molecule has 7 rings (SSSR count). The molecule has 1 spiro atoms. The van der Waals surface area contributed by atoms with E-state index in [1.165, 1.54) is 24.1 Å². The lowest BCUT2D eigenvalue weighted by molar-refractivity contribution is -0.325. The van der Waals surface area contributed by atoms with E-state index < -0.39 is 54.3 Å². The monoisotopic (exact) mass is 694 g/mol. The van der Waals surface area contributed by atoms with E-state index in [9.17, 15) is 40.2 Å². The number of aliphatic hydroxyl groups is 4. The highest BCUT2D eigenvalue weighted by molar-refractivity contribution is 6.08. The molecule has 2 aliphatic carbocycles. The van der Waals surface area contributed by atoms with Crippen molar-refractivity contribution < 1.29 is 59.2 Å². The summed E-state index contributed by atoms with van der Waals surface area (Å²) in [5.41, 5.74) is 2.05. The molecule has 0 bridgehead atoms. The number of allylic oxidation sites excluding steroid dienone is 2. The Morgan fingerprint density at radius 1 is 1.14 bits per heavy atom. The molecule has 5 aliphatic rings. The van der Waals surface area contributed by atoms with Gasteiger partial charge in [0.15, 0.2) is 5.78 Å². The number of fused-ring (bicyclic) bond motifs is 3. The fraction of sp³-hybridized carbons (Fsp3) is 0.579. The predicted octanol–water partition coefficient (Wildman–Crippen LogP) is 3.42. The SMILES string of the molecule is CC(=O)c1c(C)cc2cc(C(=O)O)cc(O[C@H]3O[C@H](CO)[C@@]4(C[C@H]5C6=C(CC=C6[C@]6(CCCO)COCC[C@@H]6[C@H]5C)CO4)[C@H](O)[C@H]3O)c2c1O. The normalized spacial score (nSPS) is 35.0. The van der Waals surface area contributed by atoms with Crippen LogP contribution in [0.15, 0.2) is 41.0 Å². The van der Waals surface area contributed by atoms with Gasteiger partial charge >= 0.3 is 5.97 Å². The zero-order valence-corrected chi connectivity index (χ0v) is 28.6. The van der Waals surface area contributed by atoms with Gasteiger partial charge in [-0.2, -0.15) is 0 Å². The van der Waals surface area contributed by atoms with E-state index in [1.807, 2.05) is 0 Å². The van der Waals surface area contributed by atoms with E-state index in [1.54, 1.807) is 13.0 Å². The molecule has 1 saturated carbocycles. The molecule has 2 aromatic carbocycles. The van der Waals surface area contributed by atoms with Crippen LogP contribution < -0.4 is 4.74 Å². The first-order chi connectivity index (χ1) is 23.9. The molecule has 6 N–H and O–H groups in total. The number of phenols is 1. The molecule has 0 amide bonds. The van der Waals surface area contributed by atoms with Crippen molar-refractivity contribution in [3.8, 4) is 11.5 Å². The standard InChI is InChI=1S/C38H46O12/c1-18-11-22-12-23(35(45)46)13-27(31(22)32(42)29(18)20(3)41)49-36-33(43)34(44)38(28(15-40)50-36)14-24-19(2)25-7-10-47-17-37(25,8-4-9-39)26-6-5-21(16-48-38)30(24)26/h6,11-13,19,24-25,28,33-34,36,39-40,42-44H,4-5,7-10,14-17H2,1-3H3,(H,45,46)/t19-,24+,25+,28+,33+,34+,36-,37+,38-/m0/s1. The number of hydrogen-bond acceptors (Lipinski definition) is 11. The molecular formula is C38H46O12. The Bertz CT molecular complexity index is 1780. The Labute approximate surface area is 289 Å². The average molecular weight is 695 g/mol. The van der Waals surface area contributed by atoms with E-state index in [-0.39, 0.29) is 70.5 Å². The number of benzene rings is 2. The molecule has 0 aromatic heterocycles. The van der Waals surface area contributed by atoms with Gasteiger partial charge in [0.1, 0.15) is 35.4 Å². The third kappa shape index (κ3) is 5.22. The molecule has 3 aliphatic heterocycles. The van der Waals surface area contributed by atoms with Gasteiger partial charge in [0.2, 0.25) is 6.29 Å². The highest BCUT2D eigenvalue weighted by atomic mass is 16.7. The van der Waals surface area contributed by atoms with Gasteiger partial charge in [-0.15, -0.1) is 0 Å². The number of aliphatic hydroxyl groups excluding tert-OH is 4. The van der Waals surface area contributed by atoms with Crippen LogP contribution in [-0.2, 0) is 14.2 Å². The summed E-state index contributed by atoms with van der Waals surface area (Å²) >= 11 is 0. The molecule has 50 heavy (non-hydrogen) atoms. The lowest BCUT2D eigenvalue weighted by atomic mass is 9.51. The highest BCUT2D eigenvalue weighted by Gasteiger charge is 2.63. The molecule has 270 valence electrons. The minimum Gasteiger partial charge on any atom is -0.506 e. The van der Waals surface area contributed by atoms with Crippen molar-refractivity contribution in [3.63, 3.8) is 0 Å². The molecule has 3 heterocycles. The summed E-state index contributed by atoms with van der Waals surface area (Å²) in [6, 6.07) is 4.08. The third-order valence-electron chi connectivity index (χ3n) is 12.2. The number of aromatic hydroxyl groups is 1.